The molecule has 0 saturated carbocycles. The van der Waals surface area contributed by atoms with Crippen molar-refractivity contribution < 1.29 is 14.3 Å². The standard InChI is InChI=1S/C18H20N2O3/c1-13-8-9-15(19-12-13)18(22)20(11-10-17(21)23-3)16-7-5-4-6-14(16)2/h4-9,12H,10-11H2,1-3H3. The van der Waals surface area contributed by atoms with Crippen molar-refractivity contribution in [1.29, 1.82) is 0 Å². The molecule has 0 aliphatic carbocycles. The quantitative estimate of drug-likeness (QED) is 0.797. The van der Waals surface area contributed by atoms with Crippen molar-refractivity contribution in [3.05, 3.63) is 59.4 Å². The Morgan fingerprint density at radius 3 is 2.48 bits per heavy atom. The van der Waals surface area contributed by atoms with E-state index < -0.39 is 0 Å². The van der Waals surface area contributed by atoms with Gasteiger partial charge in [0.2, 0.25) is 0 Å². The minimum atomic E-state index is -0.353. The molecule has 1 aromatic heterocycles. The maximum Gasteiger partial charge on any atom is 0.307 e. The highest BCUT2D eigenvalue weighted by atomic mass is 16.5. The molecular formula is C18H20N2O3. The Morgan fingerprint density at radius 2 is 1.87 bits per heavy atom. The Kier molecular flexibility index (Phi) is 5.46. The molecule has 23 heavy (non-hydrogen) atoms. The number of ether oxygens (including phenoxy) is 1. The van der Waals surface area contributed by atoms with Gasteiger partial charge in [-0.05, 0) is 37.1 Å². The molecule has 0 unspecified atom stereocenters. The van der Waals surface area contributed by atoms with Crippen LogP contribution in [0.25, 0.3) is 0 Å². The molecule has 0 atom stereocenters. The van der Waals surface area contributed by atoms with Crippen molar-refractivity contribution in [1.82, 2.24) is 4.98 Å². The first-order valence-corrected chi connectivity index (χ1v) is 7.40. The molecule has 1 heterocycles. The van der Waals surface area contributed by atoms with E-state index in [0.717, 1.165) is 16.8 Å². The predicted molar refractivity (Wildman–Crippen MR) is 88.5 cm³/mol. The summed E-state index contributed by atoms with van der Waals surface area (Å²) in [6, 6.07) is 11.1. The van der Waals surface area contributed by atoms with Crippen LogP contribution in [0.15, 0.2) is 42.6 Å². The molecule has 5 nitrogen and oxygen atoms in total. The van der Waals surface area contributed by atoms with Gasteiger partial charge in [0.05, 0.1) is 13.5 Å². The summed E-state index contributed by atoms with van der Waals surface area (Å²) < 4.78 is 4.68. The number of carbonyl (C=O) groups is 2. The van der Waals surface area contributed by atoms with Crippen LogP contribution in [-0.2, 0) is 9.53 Å². The zero-order valence-electron chi connectivity index (χ0n) is 13.6. The number of anilines is 1. The van der Waals surface area contributed by atoms with Gasteiger partial charge >= 0.3 is 5.97 Å². The Balaban J connectivity index is 2.32. The summed E-state index contributed by atoms with van der Waals surface area (Å²) in [4.78, 5) is 30.0. The first kappa shape index (κ1) is 16.7. The molecule has 0 N–H and O–H groups in total. The molecule has 1 aromatic carbocycles. The van der Waals surface area contributed by atoms with E-state index in [-0.39, 0.29) is 24.8 Å². The number of aryl methyl sites for hydroxylation is 2. The van der Waals surface area contributed by atoms with Crippen LogP contribution in [0, 0.1) is 13.8 Å². The lowest BCUT2D eigenvalue weighted by Crippen LogP contribution is -2.34. The van der Waals surface area contributed by atoms with Gasteiger partial charge in [0, 0.05) is 18.4 Å². The van der Waals surface area contributed by atoms with Crippen molar-refractivity contribution in [2.45, 2.75) is 20.3 Å². The van der Waals surface area contributed by atoms with Crippen molar-refractivity contribution in [3.8, 4) is 0 Å². The van der Waals surface area contributed by atoms with Gasteiger partial charge in [-0.25, -0.2) is 0 Å². The van der Waals surface area contributed by atoms with Crippen LogP contribution in [-0.4, -0.2) is 30.5 Å². The third-order valence-corrected chi connectivity index (χ3v) is 3.55. The van der Waals surface area contributed by atoms with E-state index in [1.165, 1.54) is 7.11 Å². The number of methoxy groups -OCH3 is 1. The molecule has 5 heteroatoms. The fourth-order valence-electron chi connectivity index (χ4n) is 2.24. The molecule has 2 aromatic rings. The van der Waals surface area contributed by atoms with E-state index in [1.807, 2.05) is 44.2 Å². The summed E-state index contributed by atoms with van der Waals surface area (Å²) in [5.41, 5.74) is 3.06. The third-order valence-electron chi connectivity index (χ3n) is 3.55. The summed E-state index contributed by atoms with van der Waals surface area (Å²) in [7, 11) is 1.34. The summed E-state index contributed by atoms with van der Waals surface area (Å²) >= 11 is 0. The van der Waals surface area contributed by atoms with Crippen molar-refractivity contribution >= 4 is 17.6 Å². The van der Waals surface area contributed by atoms with E-state index in [2.05, 4.69) is 9.72 Å². The number of amides is 1. The number of carbonyl (C=O) groups excluding carboxylic acids is 2. The highest BCUT2D eigenvalue weighted by Crippen LogP contribution is 2.21. The number of para-hydroxylation sites is 1. The second-order valence-electron chi connectivity index (χ2n) is 5.29. The summed E-state index contributed by atoms with van der Waals surface area (Å²) in [5, 5.41) is 0. The third kappa shape index (κ3) is 4.16. The van der Waals surface area contributed by atoms with Crippen LogP contribution in [0.1, 0.15) is 28.0 Å². The van der Waals surface area contributed by atoms with Crippen LogP contribution >= 0.6 is 0 Å². The number of esters is 1. The Hall–Kier alpha value is -2.69. The SMILES string of the molecule is COC(=O)CCN(C(=O)c1ccc(C)cn1)c1ccccc1C. The topological polar surface area (TPSA) is 59.5 Å². The number of aromatic nitrogens is 1. The number of nitrogens with zero attached hydrogens (tertiary/aromatic N) is 2. The van der Waals surface area contributed by atoms with Crippen LogP contribution in [0.4, 0.5) is 5.69 Å². The second-order valence-corrected chi connectivity index (χ2v) is 5.29. The normalized spacial score (nSPS) is 10.2. The van der Waals surface area contributed by atoms with Gasteiger partial charge in [-0.2, -0.15) is 0 Å². The monoisotopic (exact) mass is 312 g/mol. The average molecular weight is 312 g/mol. The fraction of sp³-hybridized carbons (Fsp3) is 0.278. The van der Waals surface area contributed by atoms with Gasteiger partial charge in [-0.15, -0.1) is 0 Å². The first-order chi connectivity index (χ1) is 11.0. The zero-order chi connectivity index (χ0) is 16.8. The first-order valence-electron chi connectivity index (χ1n) is 7.40. The second kappa shape index (κ2) is 7.54. The minimum absolute atomic E-state index is 0.127. The number of pyridine rings is 1. The van der Waals surface area contributed by atoms with Gasteiger partial charge in [-0.3, -0.25) is 14.6 Å². The van der Waals surface area contributed by atoms with Crippen molar-refractivity contribution in [2.75, 3.05) is 18.6 Å². The number of rotatable bonds is 5. The summed E-state index contributed by atoms with van der Waals surface area (Å²) in [6.07, 6.45) is 1.78. The average Bonchev–Trinajstić information content (AvgIpc) is 2.56. The number of hydrogen-bond donors (Lipinski definition) is 0. The molecule has 0 bridgehead atoms. The maximum atomic E-state index is 12.8. The smallest absolute Gasteiger partial charge is 0.307 e. The van der Waals surface area contributed by atoms with Gasteiger partial charge in [0.25, 0.3) is 5.91 Å². The van der Waals surface area contributed by atoms with E-state index >= 15 is 0 Å². The predicted octanol–water partition coefficient (Wildman–Crippen LogP) is 2.91. The molecule has 0 fully saturated rings. The van der Waals surface area contributed by atoms with Crippen LogP contribution in [0.3, 0.4) is 0 Å². The molecule has 0 aliphatic rings. The largest absolute Gasteiger partial charge is 0.469 e. The highest BCUT2D eigenvalue weighted by molar-refractivity contribution is 6.05. The lowest BCUT2D eigenvalue weighted by Gasteiger charge is -2.24. The lowest BCUT2D eigenvalue weighted by atomic mass is 10.1. The fourth-order valence-corrected chi connectivity index (χ4v) is 2.24. The Labute approximate surface area is 135 Å². The molecule has 0 saturated heterocycles. The molecule has 0 aliphatic heterocycles. The lowest BCUT2D eigenvalue weighted by molar-refractivity contribution is -0.140. The van der Waals surface area contributed by atoms with E-state index in [9.17, 15) is 9.59 Å². The Bertz CT molecular complexity index is 696. The number of benzene rings is 1. The van der Waals surface area contributed by atoms with Gasteiger partial charge in [-0.1, -0.05) is 24.3 Å². The molecule has 1 amide bonds. The molecule has 0 radical (unpaired) electrons. The van der Waals surface area contributed by atoms with Gasteiger partial charge in [0.1, 0.15) is 5.69 Å². The van der Waals surface area contributed by atoms with Gasteiger partial charge < -0.3 is 9.64 Å². The highest BCUT2D eigenvalue weighted by Gasteiger charge is 2.21. The van der Waals surface area contributed by atoms with Crippen molar-refractivity contribution in [2.24, 2.45) is 0 Å². The maximum absolute atomic E-state index is 12.8. The van der Waals surface area contributed by atoms with E-state index in [4.69, 9.17) is 0 Å². The van der Waals surface area contributed by atoms with Crippen molar-refractivity contribution in [3.63, 3.8) is 0 Å². The zero-order valence-corrected chi connectivity index (χ0v) is 13.6. The van der Waals surface area contributed by atoms with E-state index in [0.29, 0.717) is 5.69 Å². The molecule has 120 valence electrons. The van der Waals surface area contributed by atoms with Crippen LogP contribution < -0.4 is 4.90 Å². The van der Waals surface area contributed by atoms with Crippen LogP contribution in [0.5, 0.6) is 0 Å². The molecular weight excluding hydrogens is 292 g/mol. The minimum Gasteiger partial charge on any atom is -0.469 e. The number of hydrogen-bond acceptors (Lipinski definition) is 4. The summed E-state index contributed by atoms with van der Waals surface area (Å²) in [5.74, 6) is -0.587. The van der Waals surface area contributed by atoms with Gasteiger partial charge in [0.15, 0.2) is 0 Å². The van der Waals surface area contributed by atoms with E-state index in [1.54, 1.807) is 17.2 Å². The van der Waals surface area contributed by atoms with Crippen LogP contribution in [0.2, 0.25) is 0 Å². The molecule has 2 rings (SSSR count). The molecule has 0 spiro atoms. The Morgan fingerprint density at radius 1 is 1.13 bits per heavy atom. The summed E-state index contributed by atoms with van der Waals surface area (Å²) in [6.45, 7) is 4.08.